The van der Waals surface area contributed by atoms with Crippen molar-refractivity contribution in [3.8, 4) is 5.75 Å². The molecule has 0 aliphatic carbocycles. The van der Waals surface area contributed by atoms with Gasteiger partial charge in [0.25, 0.3) is 0 Å². The van der Waals surface area contributed by atoms with Gasteiger partial charge in [0.05, 0.1) is 0 Å². The highest BCUT2D eigenvalue weighted by atomic mass is 19.1. The molecule has 1 aromatic rings. The van der Waals surface area contributed by atoms with E-state index in [2.05, 4.69) is 0 Å². The molecule has 2 rings (SSSR count). The van der Waals surface area contributed by atoms with Crippen LogP contribution in [0.25, 0.3) is 0 Å². The molecule has 0 saturated heterocycles. The molecule has 0 saturated carbocycles. The van der Waals surface area contributed by atoms with E-state index >= 15 is 0 Å². The molecule has 0 fully saturated rings. The van der Waals surface area contributed by atoms with E-state index in [4.69, 9.17) is 10.5 Å². The number of ether oxygens (including phenoxy) is 1. The van der Waals surface area contributed by atoms with Crippen molar-refractivity contribution in [3.63, 3.8) is 0 Å². The van der Waals surface area contributed by atoms with Gasteiger partial charge in [-0.15, -0.1) is 0 Å². The van der Waals surface area contributed by atoms with Crippen molar-refractivity contribution in [2.45, 2.75) is 18.1 Å². The van der Waals surface area contributed by atoms with E-state index in [1.54, 1.807) is 12.1 Å². The third-order valence-electron chi connectivity index (χ3n) is 2.72. The van der Waals surface area contributed by atoms with Gasteiger partial charge in [0.15, 0.2) is 5.60 Å². The average molecular weight is 213 g/mol. The molecular formula is C11H13F2NO. The summed E-state index contributed by atoms with van der Waals surface area (Å²) in [5, 5.41) is 0. The summed E-state index contributed by atoms with van der Waals surface area (Å²) < 4.78 is 30.9. The van der Waals surface area contributed by atoms with Crippen molar-refractivity contribution in [2.75, 3.05) is 13.3 Å². The number of hydrogen-bond donors (Lipinski definition) is 1. The van der Waals surface area contributed by atoms with Crippen molar-refractivity contribution < 1.29 is 13.5 Å². The largest absolute Gasteiger partial charge is 0.481 e. The molecule has 2 N–H and O–H groups in total. The molecule has 15 heavy (non-hydrogen) atoms. The van der Waals surface area contributed by atoms with E-state index in [0.717, 1.165) is 5.56 Å². The molecule has 4 heteroatoms. The second-order valence-electron chi connectivity index (χ2n) is 3.90. The Hall–Kier alpha value is -1.16. The maximum atomic E-state index is 12.8. The lowest BCUT2D eigenvalue weighted by molar-refractivity contribution is -0.00778. The fourth-order valence-corrected chi connectivity index (χ4v) is 1.86. The Kier molecular flexibility index (Phi) is 2.61. The monoisotopic (exact) mass is 213 g/mol. The van der Waals surface area contributed by atoms with Crippen molar-refractivity contribution in [1.29, 1.82) is 0 Å². The summed E-state index contributed by atoms with van der Waals surface area (Å²) in [6.45, 7) is -1.71. The zero-order valence-corrected chi connectivity index (χ0v) is 8.25. The van der Waals surface area contributed by atoms with Crippen molar-refractivity contribution in [1.82, 2.24) is 0 Å². The van der Waals surface area contributed by atoms with Crippen LogP contribution in [0, 0.1) is 0 Å². The Morgan fingerprint density at radius 3 is 2.67 bits per heavy atom. The maximum absolute atomic E-state index is 12.8. The zero-order chi connectivity index (χ0) is 10.9. The van der Waals surface area contributed by atoms with Gasteiger partial charge in [-0.2, -0.15) is 0 Å². The Labute approximate surface area is 87.0 Å². The van der Waals surface area contributed by atoms with Gasteiger partial charge in [-0.05, 0) is 6.07 Å². The van der Waals surface area contributed by atoms with Gasteiger partial charge in [0.1, 0.15) is 19.1 Å². The van der Waals surface area contributed by atoms with Gasteiger partial charge in [0.2, 0.25) is 0 Å². The first-order chi connectivity index (χ1) is 7.21. The molecule has 0 aromatic heterocycles. The summed E-state index contributed by atoms with van der Waals surface area (Å²) in [6, 6.07) is 6.74. The number of para-hydroxylation sites is 1. The summed E-state index contributed by atoms with van der Waals surface area (Å²) in [6.07, 6.45) is 0.178. The van der Waals surface area contributed by atoms with E-state index in [0.29, 0.717) is 5.75 Å². The predicted octanol–water partition coefficient (Wildman–Crippen LogP) is 2.15. The van der Waals surface area contributed by atoms with Gasteiger partial charge in [-0.25, -0.2) is 8.78 Å². The summed E-state index contributed by atoms with van der Waals surface area (Å²) in [7, 11) is 0. The number of benzene rings is 1. The van der Waals surface area contributed by atoms with Crippen molar-refractivity contribution in [3.05, 3.63) is 29.8 Å². The molecule has 0 unspecified atom stereocenters. The minimum atomic E-state index is -1.38. The normalized spacial score (nSPS) is 23.0. The second kappa shape index (κ2) is 3.77. The Balaban J connectivity index is 2.37. The van der Waals surface area contributed by atoms with Gasteiger partial charge < -0.3 is 10.5 Å². The lowest BCUT2D eigenvalue weighted by Gasteiger charge is -2.37. The van der Waals surface area contributed by atoms with Crippen molar-refractivity contribution in [2.24, 2.45) is 5.73 Å². The topological polar surface area (TPSA) is 35.2 Å². The molecule has 1 aliphatic heterocycles. The predicted molar refractivity (Wildman–Crippen MR) is 53.3 cm³/mol. The fourth-order valence-electron chi connectivity index (χ4n) is 1.86. The van der Waals surface area contributed by atoms with Gasteiger partial charge in [0, 0.05) is 18.0 Å². The summed E-state index contributed by atoms with van der Waals surface area (Å²) in [4.78, 5) is 0. The van der Waals surface area contributed by atoms with Gasteiger partial charge in [-0.1, -0.05) is 18.2 Å². The Morgan fingerprint density at radius 2 is 2.00 bits per heavy atom. The molecule has 0 spiro atoms. The van der Waals surface area contributed by atoms with Crippen LogP contribution in [0.3, 0.4) is 0 Å². The molecule has 1 atom stereocenters. The first-order valence-corrected chi connectivity index (χ1v) is 4.86. The standard InChI is InChI=1S/C11H13F2NO/c12-6-11(7-13)5-9(14)8-3-1-2-4-10(8)15-11/h1-4,9H,5-7,14H2/t9-/m1/s1. The van der Waals surface area contributed by atoms with Crippen LogP contribution in [-0.4, -0.2) is 19.0 Å². The van der Waals surface area contributed by atoms with E-state index in [-0.39, 0.29) is 12.5 Å². The van der Waals surface area contributed by atoms with Crippen LogP contribution < -0.4 is 10.5 Å². The molecule has 82 valence electrons. The zero-order valence-electron chi connectivity index (χ0n) is 8.25. The number of rotatable bonds is 2. The van der Waals surface area contributed by atoms with Gasteiger partial charge in [-0.3, -0.25) is 0 Å². The third-order valence-corrected chi connectivity index (χ3v) is 2.72. The van der Waals surface area contributed by atoms with Crippen LogP contribution in [-0.2, 0) is 0 Å². The van der Waals surface area contributed by atoms with E-state index in [1.807, 2.05) is 12.1 Å². The molecule has 2 nitrogen and oxygen atoms in total. The molecule has 0 amide bonds. The van der Waals surface area contributed by atoms with E-state index < -0.39 is 19.0 Å². The fraction of sp³-hybridized carbons (Fsp3) is 0.455. The van der Waals surface area contributed by atoms with Gasteiger partial charge >= 0.3 is 0 Å². The van der Waals surface area contributed by atoms with Crippen LogP contribution in [0.4, 0.5) is 8.78 Å². The SMILES string of the molecule is N[C@@H]1CC(CF)(CF)Oc2ccccc21. The smallest absolute Gasteiger partial charge is 0.167 e. The second-order valence-corrected chi connectivity index (χ2v) is 3.90. The lowest BCUT2D eigenvalue weighted by atomic mass is 9.89. The minimum absolute atomic E-state index is 0.178. The highest BCUT2D eigenvalue weighted by Crippen LogP contribution is 2.38. The van der Waals surface area contributed by atoms with Crippen LogP contribution in [0.1, 0.15) is 18.0 Å². The quantitative estimate of drug-likeness (QED) is 0.816. The van der Waals surface area contributed by atoms with Crippen LogP contribution in [0.5, 0.6) is 5.75 Å². The maximum Gasteiger partial charge on any atom is 0.167 e. The number of alkyl halides is 2. The molecule has 0 bridgehead atoms. The molecule has 1 aromatic carbocycles. The first kappa shape index (κ1) is 10.4. The van der Waals surface area contributed by atoms with Crippen LogP contribution >= 0.6 is 0 Å². The summed E-state index contributed by atoms with van der Waals surface area (Å²) >= 11 is 0. The number of hydrogen-bond acceptors (Lipinski definition) is 2. The van der Waals surface area contributed by atoms with Crippen molar-refractivity contribution >= 4 is 0 Å². The van der Waals surface area contributed by atoms with Crippen LogP contribution in [0.2, 0.25) is 0 Å². The number of nitrogens with two attached hydrogens (primary N) is 1. The minimum Gasteiger partial charge on any atom is -0.481 e. The van der Waals surface area contributed by atoms with E-state index in [1.165, 1.54) is 0 Å². The Morgan fingerprint density at radius 1 is 1.33 bits per heavy atom. The highest BCUT2D eigenvalue weighted by molar-refractivity contribution is 5.38. The van der Waals surface area contributed by atoms with Crippen LogP contribution in [0.15, 0.2) is 24.3 Å². The first-order valence-electron chi connectivity index (χ1n) is 4.86. The lowest BCUT2D eigenvalue weighted by Crippen LogP contribution is -2.46. The Bertz CT molecular complexity index is 352. The summed E-state index contributed by atoms with van der Waals surface area (Å²) in [5.74, 6) is 0.492. The average Bonchev–Trinajstić information content (AvgIpc) is 2.29. The highest BCUT2D eigenvalue weighted by Gasteiger charge is 2.40. The number of fused-ring (bicyclic) bond motifs is 1. The van der Waals surface area contributed by atoms with E-state index in [9.17, 15) is 8.78 Å². The molecule has 0 radical (unpaired) electrons. The summed E-state index contributed by atoms with van der Waals surface area (Å²) in [5.41, 5.74) is 5.29. The molecule has 1 aliphatic rings. The third kappa shape index (κ3) is 1.69. The molecule has 1 heterocycles. The number of halogens is 2. The molecular weight excluding hydrogens is 200 g/mol.